The van der Waals surface area contributed by atoms with Gasteiger partial charge in [0.05, 0.1) is 6.61 Å². The average molecular weight is 326 g/mol. The van der Waals surface area contributed by atoms with Crippen molar-refractivity contribution in [3.05, 3.63) is 54.4 Å². The smallest absolute Gasteiger partial charge is 0.191 e. The number of rotatable bonds is 8. The molecule has 128 valence electrons. The largest absolute Gasteiger partial charge is 0.493 e. The predicted molar refractivity (Wildman–Crippen MR) is 97.3 cm³/mol. The van der Waals surface area contributed by atoms with Crippen molar-refractivity contribution in [2.45, 2.75) is 25.9 Å². The number of hydrogen-bond donors (Lipinski definition) is 2. The van der Waals surface area contributed by atoms with Crippen LogP contribution >= 0.6 is 0 Å². The molecule has 5 nitrogen and oxygen atoms in total. The Morgan fingerprint density at radius 3 is 2.71 bits per heavy atom. The second-order valence-corrected chi connectivity index (χ2v) is 6.14. The van der Waals surface area contributed by atoms with E-state index in [0.29, 0.717) is 6.54 Å². The number of aromatic nitrogens is 1. The molecule has 1 aliphatic carbocycles. The Hall–Kier alpha value is -2.43. The predicted octanol–water partition coefficient (Wildman–Crippen LogP) is 2.64. The van der Waals surface area contributed by atoms with Crippen LogP contribution in [0.25, 0.3) is 0 Å². The highest BCUT2D eigenvalue weighted by Crippen LogP contribution is 2.30. The Bertz CT molecular complexity index is 647. The Balaban J connectivity index is 1.46. The number of para-hydroxylation sites is 1. The standard InChI is InChI=1S/C19H26N4O/c1-20-19(21-10-13-23-11-4-5-12-23)22-14-17-6-2-3-7-18(17)24-15-16-8-9-16/h2-7,11-12,16H,8-10,13-15H2,1H3,(H2,20,21,22). The quantitative estimate of drug-likeness (QED) is 0.579. The normalized spacial score (nSPS) is 14.5. The fourth-order valence-corrected chi connectivity index (χ4v) is 2.51. The van der Waals surface area contributed by atoms with E-state index in [1.54, 1.807) is 7.05 Å². The van der Waals surface area contributed by atoms with Crippen molar-refractivity contribution in [3.8, 4) is 5.75 Å². The fourth-order valence-electron chi connectivity index (χ4n) is 2.51. The summed E-state index contributed by atoms with van der Waals surface area (Å²) < 4.78 is 8.09. The van der Waals surface area contributed by atoms with Crippen LogP contribution in [-0.4, -0.2) is 30.7 Å². The molecule has 2 aromatic rings. The summed E-state index contributed by atoms with van der Waals surface area (Å²) in [6.07, 6.45) is 6.73. The average Bonchev–Trinajstić information content (AvgIpc) is 3.30. The Morgan fingerprint density at radius 1 is 1.17 bits per heavy atom. The van der Waals surface area contributed by atoms with Gasteiger partial charge in [0.2, 0.25) is 0 Å². The molecule has 0 bridgehead atoms. The number of ether oxygens (including phenoxy) is 1. The molecule has 0 aliphatic heterocycles. The van der Waals surface area contributed by atoms with E-state index >= 15 is 0 Å². The molecule has 1 fully saturated rings. The molecular formula is C19H26N4O. The van der Waals surface area contributed by atoms with Crippen LogP contribution in [0.4, 0.5) is 0 Å². The van der Waals surface area contributed by atoms with Crippen molar-refractivity contribution < 1.29 is 4.74 Å². The highest BCUT2D eigenvalue weighted by molar-refractivity contribution is 5.79. The molecule has 0 spiro atoms. The third-order valence-corrected chi connectivity index (χ3v) is 4.14. The van der Waals surface area contributed by atoms with E-state index in [1.165, 1.54) is 12.8 Å². The molecule has 24 heavy (non-hydrogen) atoms. The van der Waals surface area contributed by atoms with E-state index < -0.39 is 0 Å². The third kappa shape index (κ3) is 5.05. The minimum absolute atomic E-state index is 0.698. The third-order valence-electron chi connectivity index (χ3n) is 4.14. The van der Waals surface area contributed by atoms with Crippen molar-refractivity contribution in [2.75, 3.05) is 20.2 Å². The highest BCUT2D eigenvalue weighted by atomic mass is 16.5. The Labute approximate surface area is 143 Å². The summed E-state index contributed by atoms with van der Waals surface area (Å²) in [5.41, 5.74) is 1.16. The summed E-state index contributed by atoms with van der Waals surface area (Å²) in [7, 11) is 1.79. The molecule has 3 rings (SSSR count). The van der Waals surface area contributed by atoms with Crippen LogP contribution in [0.5, 0.6) is 5.75 Å². The van der Waals surface area contributed by atoms with Gasteiger partial charge in [0.25, 0.3) is 0 Å². The number of nitrogens with zero attached hydrogens (tertiary/aromatic N) is 2. The number of aliphatic imine (C=N–C) groups is 1. The molecule has 5 heteroatoms. The van der Waals surface area contributed by atoms with Crippen LogP contribution in [0, 0.1) is 5.92 Å². The van der Waals surface area contributed by atoms with E-state index in [2.05, 4.69) is 38.7 Å². The van der Waals surface area contributed by atoms with Gasteiger partial charge in [-0.3, -0.25) is 4.99 Å². The molecule has 0 amide bonds. The van der Waals surface area contributed by atoms with Crippen LogP contribution in [0.2, 0.25) is 0 Å². The lowest BCUT2D eigenvalue weighted by Crippen LogP contribution is -2.38. The van der Waals surface area contributed by atoms with E-state index in [4.69, 9.17) is 4.74 Å². The minimum atomic E-state index is 0.698. The SMILES string of the molecule is CN=C(NCCn1cccc1)NCc1ccccc1OCC1CC1. The summed E-state index contributed by atoms with van der Waals surface area (Å²) in [4.78, 5) is 4.28. The number of nitrogens with one attached hydrogen (secondary N) is 2. The van der Waals surface area contributed by atoms with E-state index in [-0.39, 0.29) is 0 Å². The summed E-state index contributed by atoms with van der Waals surface area (Å²) in [5.74, 6) is 2.54. The van der Waals surface area contributed by atoms with Crippen LogP contribution in [0.3, 0.4) is 0 Å². The topological polar surface area (TPSA) is 50.6 Å². The lowest BCUT2D eigenvalue weighted by atomic mass is 10.2. The molecule has 1 aliphatic rings. The van der Waals surface area contributed by atoms with Gasteiger partial charge >= 0.3 is 0 Å². The number of hydrogen-bond acceptors (Lipinski definition) is 2. The second-order valence-electron chi connectivity index (χ2n) is 6.14. The van der Waals surface area contributed by atoms with Crippen LogP contribution in [0.1, 0.15) is 18.4 Å². The van der Waals surface area contributed by atoms with Crippen molar-refractivity contribution in [3.63, 3.8) is 0 Å². The zero-order valence-electron chi connectivity index (χ0n) is 14.2. The highest BCUT2D eigenvalue weighted by Gasteiger charge is 2.22. The number of benzene rings is 1. The minimum Gasteiger partial charge on any atom is -0.493 e. The summed E-state index contributed by atoms with van der Waals surface area (Å²) >= 11 is 0. The van der Waals surface area contributed by atoms with Crippen molar-refractivity contribution in [1.29, 1.82) is 0 Å². The second kappa shape index (κ2) is 8.43. The first kappa shape index (κ1) is 16.4. The molecular weight excluding hydrogens is 300 g/mol. The van der Waals surface area contributed by atoms with E-state index in [1.807, 2.05) is 30.3 Å². The molecule has 0 saturated heterocycles. The first-order chi connectivity index (χ1) is 11.8. The van der Waals surface area contributed by atoms with Gasteiger partial charge in [-0.25, -0.2) is 0 Å². The first-order valence-electron chi connectivity index (χ1n) is 8.61. The van der Waals surface area contributed by atoms with Gasteiger partial charge in [-0.05, 0) is 37.0 Å². The lowest BCUT2D eigenvalue weighted by Gasteiger charge is -2.15. The zero-order valence-corrected chi connectivity index (χ0v) is 14.2. The molecule has 1 saturated carbocycles. The summed E-state index contributed by atoms with van der Waals surface area (Å²) in [5, 5.41) is 6.69. The van der Waals surface area contributed by atoms with Crippen LogP contribution in [0.15, 0.2) is 53.8 Å². The maximum absolute atomic E-state index is 5.95. The van der Waals surface area contributed by atoms with Gasteiger partial charge in [-0.1, -0.05) is 18.2 Å². The maximum Gasteiger partial charge on any atom is 0.191 e. The molecule has 0 radical (unpaired) electrons. The molecule has 0 atom stereocenters. The first-order valence-corrected chi connectivity index (χ1v) is 8.61. The van der Waals surface area contributed by atoms with Gasteiger partial charge in [-0.15, -0.1) is 0 Å². The van der Waals surface area contributed by atoms with Gasteiger partial charge in [0.1, 0.15) is 5.75 Å². The monoisotopic (exact) mass is 326 g/mol. The van der Waals surface area contributed by atoms with E-state index in [0.717, 1.165) is 42.9 Å². The van der Waals surface area contributed by atoms with Crippen LogP contribution < -0.4 is 15.4 Å². The molecule has 0 unspecified atom stereocenters. The van der Waals surface area contributed by atoms with Gasteiger partial charge in [-0.2, -0.15) is 0 Å². The maximum atomic E-state index is 5.95. The molecule has 2 N–H and O–H groups in total. The fraction of sp³-hybridized carbons (Fsp3) is 0.421. The number of guanidine groups is 1. The molecule has 1 heterocycles. The Kier molecular flexibility index (Phi) is 5.77. The van der Waals surface area contributed by atoms with Gasteiger partial charge < -0.3 is 19.9 Å². The van der Waals surface area contributed by atoms with Crippen LogP contribution in [-0.2, 0) is 13.1 Å². The molecule has 1 aromatic heterocycles. The van der Waals surface area contributed by atoms with Gasteiger partial charge in [0, 0.05) is 44.6 Å². The van der Waals surface area contributed by atoms with Gasteiger partial charge in [0.15, 0.2) is 5.96 Å². The Morgan fingerprint density at radius 2 is 1.96 bits per heavy atom. The molecule has 1 aromatic carbocycles. The van der Waals surface area contributed by atoms with E-state index in [9.17, 15) is 0 Å². The van der Waals surface area contributed by atoms with Crippen molar-refractivity contribution >= 4 is 5.96 Å². The summed E-state index contributed by atoms with van der Waals surface area (Å²) in [6, 6.07) is 12.3. The summed E-state index contributed by atoms with van der Waals surface area (Å²) in [6.45, 7) is 3.27. The zero-order chi connectivity index (χ0) is 16.6. The van der Waals surface area contributed by atoms with Crippen molar-refractivity contribution in [2.24, 2.45) is 10.9 Å². The van der Waals surface area contributed by atoms with Crippen molar-refractivity contribution in [1.82, 2.24) is 15.2 Å². The lowest BCUT2D eigenvalue weighted by molar-refractivity contribution is 0.296.